The van der Waals surface area contributed by atoms with E-state index in [1.54, 1.807) is 0 Å². The first-order valence-electron chi connectivity index (χ1n) is 11.8. The molecular formula is C28H31N3O4. The Labute approximate surface area is 205 Å². The largest absolute Gasteiger partial charge is 0.481 e. The maximum atomic E-state index is 12.5. The molecule has 1 amide bonds. The maximum absolute atomic E-state index is 12.5. The van der Waals surface area contributed by atoms with Crippen molar-refractivity contribution in [3.05, 3.63) is 83.9 Å². The van der Waals surface area contributed by atoms with Crippen LogP contribution in [0.15, 0.2) is 77.2 Å². The van der Waals surface area contributed by atoms with Crippen molar-refractivity contribution >= 4 is 40.4 Å². The van der Waals surface area contributed by atoms with E-state index in [1.165, 1.54) is 0 Å². The number of amides is 1. The van der Waals surface area contributed by atoms with Gasteiger partial charge in [-0.3, -0.25) is 9.59 Å². The van der Waals surface area contributed by atoms with Crippen molar-refractivity contribution in [2.75, 3.05) is 10.6 Å². The molecule has 7 nitrogen and oxygen atoms in total. The molecule has 4 aromatic rings. The lowest BCUT2D eigenvalue weighted by Gasteiger charge is -2.12. The van der Waals surface area contributed by atoms with E-state index in [2.05, 4.69) is 15.6 Å². The van der Waals surface area contributed by atoms with Gasteiger partial charge in [0.15, 0.2) is 5.58 Å². The number of carbonyl (C=O) groups excluding carboxylic acids is 1. The van der Waals surface area contributed by atoms with E-state index in [-0.39, 0.29) is 24.7 Å². The summed E-state index contributed by atoms with van der Waals surface area (Å²) in [6.07, 6.45) is 0.918. The van der Waals surface area contributed by atoms with E-state index < -0.39 is 5.97 Å². The number of carbonyl (C=O) groups is 2. The van der Waals surface area contributed by atoms with Gasteiger partial charge < -0.3 is 20.2 Å². The second kappa shape index (κ2) is 12.4. The van der Waals surface area contributed by atoms with Crippen LogP contribution in [0, 0.1) is 0 Å². The Hall–Kier alpha value is -4.13. The Morgan fingerprint density at radius 2 is 1.69 bits per heavy atom. The Bertz CT molecular complexity index is 1250. The van der Waals surface area contributed by atoms with E-state index >= 15 is 0 Å². The SMILES string of the molecule is CC.CC(CCC(=O)O)c1ccc(NC(=O)Cc2ccc3nc(Nc4ccccc4)oc3c2)cc1. The van der Waals surface area contributed by atoms with Crippen LogP contribution in [-0.4, -0.2) is 22.0 Å². The van der Waals surface area contributed by atoms with Gasteiger partial charge in [-0.25, -0.2) is 0 Å². The quantitative estimate of drug-likeness (QED) is 0.248. The number of para-hydroxylation sites is 1. The summed E-state index contributed by atoms with van der Waals surface area (Å²) in [5.41, 5.74) is 4.77. The van der Waals surface area contributed by atoms with Gasteiger partial charge in [-0.2, -0.15) is 4.98 Å². The fourth-order valence-corrected chi connectivity index (χ4v) is 3.57. The molecule has 0 aliphatic rings. The summed E-state index contributed by atoms with van der Waals surface area (Å²) in [7, 11) is 0. The van der Waals surface area contributed by atoms with Crippen molar-refractivity contribution in [3.8, 4) is 0 Å². The van der Waals surface area contributed by atoms with Crippen molar-refractivity contribution in [1.29, 1.82) is 0 Å². The van der Waals surface area contributed by atoms with Crippen LogP contribution in [0.2, 0.25) is 0 Å². The van der Waals surface area contributed by atoms with E-state index in [4.69, 9.17) is 9.52 Å². The normalized spacial score (nSPS) is 11.3. The molecular weight excluding hydrogens is 442 g/mol. The second-order valence-electron chi connectivity index (χ2n) is 7.99. The van der Waals surface area contributed by atoms with Crippen molar-refractivity contribution in [2.45, 2.75) is 46.0 Å². The predicted octanol–water partition coefficient (Wildman–Crippen LogP) is 6.75. The minimum atomic E-state index is -0.794. The standard InChI is InChI=1S/C26H25N3O4.C2H6/c1-17(7-14-25(31)32)19-9-11-21(12-10-19)27-24(30)16-18-8-13-22-23(15-18)33-26(29-22)28-20-5-3-2-4-6-20;1-2/h2-6,8-13,15,17H,7,14,16H2,1H3,(H,27,30)(H,28,29)(H,31,32);1-2H3. The van der Waals surface area contributed by atoms with Crippen LogP contribution in [0.5, 0.6) is 0 Å². The number of hydrogen-bond donors (Lipinski definition) is 3. The second-order valence-corrected chi connectivity index (χ2v) is 7.99. The fourth-order valence-electron chi connectivity index (χ4n) is 3.57. The Balaban J connectivity index is 0.00000167. The molecule has 0 aliphatic heterocycles. The van der Waals surface area contributed by atoms with Crippen LogP contribution in [-0.2, 0) is 16.0 Å². The van der Waals surface area contributed by atoms with Gasteiger partial charge in [-0.15, -0.1) is 0 Å². The minimum absolute atomic E-state index is 0.136. The molecule has 0 saturated carbocycles. The molecule has 3 aromatic carbocycles. The molecule has 4 rings (SSSR count). The van der Waals surface area contributed by atoms with Crippen molar-refractivity contribution in [3.63, 3.8) is 0 Å². The first kappa shape index (κ1) is 25.5. The van der Waals surface area contributed by atoms with Crippen LogP contribution in [0.4, 0.5) is 17.4 Å². The summed E-state index contributed by atoms with van der Waals surface area (Å²) in [6.45, 7) is 6.00. The van der Waals surface area contributed by atoms with Gasteiger partial charge in [-0.1, -0.05) is 57.2 Å². The zero-order valence-corrected chi connectivity index (χ0v) is 20.2. The average molecular weight is 474 g/mol. The minimum Gasteiger partial charge on any atom is -0.481 e. The van der Waals surface area contributed by atoms with Gasteiger partial charge in [0.25, 0.3) is 6.01 Å². The average Bonchev–Trinajstić information content (AvgIpc) is 3.26. The van der Waals surface area contributed by atoms with Crippen LogP contribution in [0.1, 0.15) is 50.7 Å². The molecule has 1 unspecified atom stereocenters. The predicted molar refractivity (Wildman–Crippen MR) is 139 cm³/mol. The molecule has 1 aromatic heterocycles. The highest BCUT2D eigenvalue weighted by atomic mass is 16.4. The summed E-state index contributed by atoms with van der Waals surface area (Å²) < 4.78 is 5.79. The third-order valence-electron chi connectivity index (χ3n) is 5.40. The summed E-state index contributed by atoms with van der Waals surface area (Å²) in [6, 6.07) is 23.1. The van der Waals surface area contributed by atoms with Crippen LogP contribution in [0.3, 0.4) is 0 Å². The monoisotopic (exact) mass is 473 g/mol. The zero-order chi connectivity index (χ0) is 25.2. The summed E-state index contributed by atoms with van der Waals surface area (Å²) in [5, 5.41) is 14.9. The molecule has 35 heavy (non-hydrogen) atoms. The molecule has 0 radical (unpaired) electrons. The summed E-state index contributed by atoms with van der Waals surface area (Å²) in [4.78, 5) is 27.7. The molecule has 1 atom stereocenters. The van der Waals surface area contributed by atoms with E-state index in [1.807, 2.05) is 93.6 Å². The number of anilines is 3. The first-order valence-corrected chi connectivity index (χ1v) is 11.8. The highest BCUT2D eigenvalue weighted by Gasteiger charge is 2.11. The molecule has 0 spiro atoms. The highest BCUT2D eigenvalue weighted by Crippen LogP contribution is 2.24. The van der Waals surface area contributed by atoms with Crippen molar-refractivity contribution in [2.24, 2.45) is 0 Å². The number of nitrogens with zero attached hydrogens (tertiary/aromatic N) is 1. The molecule has 3 N–H and O–H groups in total. The highest BCUT2D eigenvalue weighted by molar-refractivity contribution is 5.92. The fraction of sp³-hybridized carbons (Fsp3) is 0.250. The van der Waals surface area contributed by atoms with Crippen LogP contribution in [0.25, 0.3) is 11.1 Å². The smallest absolute Gasteiger partial charge is 0.303 e. The topological polar surface area (TPSA) is 104 Å². The number of hydrogen-bond acceptors (Lipinski definition) is 5. The number of rotatable bonds is 9. The summed E-state index contributed by atoms with van der Waals surface area (Å²) >= 11 is 0. The van der Waals surface area contributed by atoms with Gasteiger partial charge in [0.05, 0.1) is 6.42 Å². The van der Waals surface area contributed by atoms with Crippen LogP contribution < -0.4 is 10.6 Å². The van der Waals surface area contributed by atoms with Crippen LogP contribution >= 0.6 is 0 Å². The molecule has 7 heteroatoms. The Morgan fingerprint density at radius 1 is 0.971 bits per heavy atom. The molecule has 0 fully saturated rings. The van der Waals surface area contributed by atoms with Gasteiger partial charge >= 0.3 is 5.97 Å². The molecule has 0 aliphatic carbocycles. The maximum Gasteiger partial charge on any atom is 0.303 e. The lowest BCUT2D eigenvalue weighted by Crippen LogP contribution is -2.14. The van der Waals surface area contributed by atoms with Gasteiger partial charge in [0.2, 0.25) is 5.91 Å². The van der Waals surface area contributed by atoms with Crippen molar-refractivity contribution in [1.82, 2.24) is 4.98 Å². The molecule has 0 bridgehead atoms. The first-order chi connectivity index (χ1) is 17.0. The number of carboxylic acid groups (broad SMARTS) is 1. The van der Waals surface area contributed by atoms with Gasteiger partial charge in [0, 0.05) is 17.8 Å². The van der Waals surface area contributed by atoms with Gasteiger partial charge in [-0.05, 0) is 59.9 Å². The molecule has 0 saturated heterocycles. The number of nitrogens with one attached hydrogen (secondary N) is 2. The van der Waals surface area contributed by atoms with Gasteiger partial charge in [0.1, 0.15) is 5.52 Å². The third kappa shape index (κ3) is 7.43. The number of benzene rings is 3. The lowest BCUT2D eigenvalue weighted by atomic mass is 9.96. The Morgan fingerprint density at radius 3 is 2.37 bits per heavy atom. The summed E-state index contributed by atoms with van der Waals surface area (Å²) in [5.74, 6) is -0.790. The zero-order valence-electron chi connectivity index (χ0n) is 20.2. The molecule has 1 heterocycles. The number of fused-ring (bicyclic) bond motifs is 1. The number of aromatic nitrogens is 1. The lowest BCUT2D eigenvalue weighted by molar-refractivity contribution is -0.137. The van der Waals surface area contributed by atoms with E-state index in [9.17, 15) is 9.59 Å². The number of carboxylic acids is 1. The third-order valence-corrected chi connectivity index (χ3v) is 5.40. The number of oxazole rings is 1. The van der Waals surface area contributed by atoms with E-state index in [0.717, 1.165) is 16.8 Å². The Kier molecular flexibility index (Phi) is 9.01. The molecule has 182 valence electrons. The van der Waals surface area contributed by atoms with E-state index in [0.29, 0.717) is 29.2 Å². The van der Waals surface area contributed by atoms with Crippen molar-refractivity contribution < 1.29 is 19.1 Å². The number of aliphatic carboxylic acids is 1.